The highest BCUT2D eigenvalue weighted by atomic mass is 32.2. The normalized spacial score (nSPS) is 13.7. The fraction of sp³-hybridized carbons (Fsp3) is 0.0571. The van der Waals surface area contributed by atoms with E-state index in [4.69, 9.17) is 0 Å². The molecular formula is C70H51BN4S2. The minimum Gasteiger partial charge on any atom is -0.311 e. The van der Waals surface area contributed by atoms with Gasteiger partial charge in [-0.15, -0.1) is 0 Å². The number of hydrogen-bond acceptors (Lipinski definition) is 6. The third kappa shape index (κ3) is 7.55. The zero-order valence-electron chi connectivity index (χ0n) is 42.9. The van der Waals surface area contributed by atoms with Gasteiger partial charge in [0.1, 0.15) is 0 Å². The summed E-state index contributed by atoms with van der Waals surface area (Å²) in [6.45, 7) is 6.97. The van der Waals surface area contributed by atoms with Gasteiger partial charge in [0.15, 0.2) is 0 Å². The van der Waals surface area contributed by atoms with Crippen molar-refractivity contribution < 1.29 is 0 Å². The number of benzene rings is 11. The fourth-order valence-corrected chi connectivity index (χ4v) is 14.2. The van der Waals surface area contributed by atoms with Crippen LogP contribution in [0.2, 0.25) is 0 Å². The highest BCUT2D eigenvalue weighted by Crippen LogP contribution is 2.55. The van der Waals surface area contributed by atoms with Crippen LogP contribution in [0.5, 0.6) is 0 Å². The average molecular weight is 1020 g/mol. The smallest absolute Gasteiger partial charge is 0.252 e. The summed E-state index contributed by atoms with van der Waals surface area (Å²) in [6.07, 6.45) is 0. The van der Waals surface area contributed by atoms with Crippen molar-refractivity contribution in [3.63, 3.8) is 0 Å². The second-order valence-corrected chi connectivity index (χ2v) is 23.5. The molecule has 0 aromatic heterocycles. The summed E-state index contributed by atoms with van der Waals surface area (Å²) in [5, 5.41) is 0. The maximum absolute atomic E-state index is 2.57. The van der Waals surface area contributed by atoms with Gasteiger partial charge >= 0.3 is 0 Å². The molecule has 4 heterocycles. The maximum Gasteiger partial charge on any atom is 0.252 e. The number of nitrogens with zero attached hydrogens (tertiary/aromatic N) is 4. The van der Waals surface area contributed by atoms with Crippen molar-refractivity contribution in [3.05, 3.63) is 260 Å². The Morgan fingerprint density at radius 3 is 0.961 bits per heavy atom. The van der Waals surface area contributed by atoms with E-state index in [1.165, 1.54) is 109 Å². The molecule has 7 heteroatoms. The van der Waals surface area contributed by atoms with E-state index in [-0.39, 0.29) is 12.1 Å². The summed E-state index contributed by atoms with van der Waals surface area (Å²) >= 11 is 3.69. The number of anilines is 12. The maximum atomic E-state index is 2.57. The summed E-state index contributed by atoms with van der Waals surface area (Å²) in [7, 11) is 0. The summed E-state index contributed by atoms with van der Waals surface area (Å²) in [6, 6.07) is 94.9. The summed E-state index contributed by atoms with van der Waals surface area (Å²) in [5.41, 5.74) is 23.7. The molecule has 0 radical (unpaired) electrons. The molecule has 4 aliphatic rings. The Bertz CT molecular complexity index is 3770. The summed E-state index contributed by atoms with van der Waals surface area (Å²) in [4.78, 5) is 15.1. The van der Waals surface area contributed by atoms with E-state index in [0.29, 0.717) is 0 Å². The largest absolute Gasteiger partial charge is 0.311 e. The molecule has 0 spiro atoms. The molecule has 11 aromatic rings. The molecule has 0 unspecified atom stereocenters. The fourth-order valence-electron chi connectivity index (χ4n) is 12.1. The molecule has 0 saturated carbocycles. The van der Waals surface area contributed by atoms with Crippen LogP contribution in [0.15, 0.2) is 274 Å². The van der Waals surface area contributed by atoms with Gasteiger partial charge in [-0.1, -0.05) is 190 Å². The number of fused-ring (bicyclic) bond motifs is 8. The van der Waals surface area contributed by atoms with Gasteiger partial charge in [0.25, 0.3) is 6.71 Å². The van der Waals surface area contributed by atoms with Crippen molar-refractivity contribution in [2.75, 3.05) is 19.6 Å². The van der Waals surface area contributed by atoms with Crippen LogP contribution in [0.3, 0.4) is 0 Å². The van der Waals surface area contributed by atoms with Crippen molar-refractivity contribution in [2.24, 2.45) is 0 Å². The van der Waals surface area contributed by atoms with Gasteiger partial charge < -0.3 is 19.6 Å². The second-order valence-electron chi connectivity index (χ2n) is 21.3. The van der Waals surface area contributed by atoms with Crippen LogP contribution in [-0.2, 0) is 5.41 Å². The lowest BCUT2D eigenvalue weighted by atomic mass is 9.33. The van der Waals surface area contributed by atoms with E-state index < -0.39 is 0 Å². The van der Waals surface area contributed by atoms with Crippen molar-refractivity contribution >= 4 is 115 Å². The van der Waals surface area contributed by atoms with Crippen LogP contribution in [-0.4, -0.2) is 6.71 Å². The van der Waals surface area contributed by atoms with Crippen molar-refractivity contribution in [1.29, 1.82) is 0 Å². The van der Waals surface area contributed by atoms with Crippen LogP contribution >= 0.6 is 23.5 Å². The quantitative estimate of drug-likeness (QED) is 0.153. The Kier molecular flexibility index (Phi) is 10.7. The Labute approximate surface area is 460 Å². The van der Waals surface area contributed by atoms with E-state index in [2.05, 4.69) is 295 Å². The zero-order valence-corrected chi connectivity index (χ0v) is 44.6. The Morgan fingerprint density at radius 2 is 0.597 bits per heavy atom. The molecule has 0 bridgehead atoms. The molecule has 11 aromatic carbocycles. The second kappa shape index (κ2) is 18.0. The van der Waals surface area contributed by atoms with Gasteiger partial charge in [0.05, 0.1) is 22.7 Å². The molecule has 366 valence electrons. The predicted molar refractivity (Wildman–Crippen MR) is 328 cm³/mol. The van der Waals surface area contributed by atoms with E-state index >= 15 is 0 Å². The first-order valence-corrected chi connectivity index (χ1v) is 28.2. The van der Waals surface area contributed by atoms with Gasteiger partial charge in [-0.25, -0.2) is 0 Å². The van der Waals surface area contributed by atoms with Gasteiger partial charge in [-0.05, 0) is 159 Å². The van der Waals surface area contributed by atoms with Gasteiger partial charge in [-0.3, -0.25) is 0 Å². The Hall–Kier alpha value is -8.62. The van der Waals surface area contributed by atoms with Gasteiger partial charge in [0, 0.05) is 65.1 Å². The zero-order chi connectivity index (χ0) is 51.4. The lowest BCUT2D eigenvalue weighted by molar-refractivity contribution is 0.590. The molecule has 0 saturated heterocycles. The lowest BCUT2D eigenvalue weighted by Crippen LogP contribution is -2.61. The molecule has 0 atom stereocenters. The Balaban J connectivity index is 1.00. The first kappa shape index (κ1) is 45.7. The van der Waals surface area contributed by atoms with Crippen LogP contribution in [0.1, 0.15) is 26.3 Å². The molecule has 15 rings (SSSR count). The van der Waals surface area contributed by atoms with E-state index in [0.717, 1.165) is 22.7 Å². The standard InChI is InChI=1S/C70H51BN4S2/c1-70(2,3)50-42-63-69-64(43-50)73(52-36-32-49(33-37-52)47-20-8-5-9-21-47)62-45-54(75-59-24-12-16-28-67(59)77-68-29-17-13-25-60(68)75)39-41-56(62)71(69)55-40-38-53(74-57-22-10-14-26-65(57)76-66-27-15-11-23-58(66)74)44-61(55)72(63)51-34-30-48(31-35-51)46-18-6-4-7-19-46/h4-45H,1-3H3. The topological polar surface area (TPSA) is 13.0 Å². The Morgan fingerprint density at radius 1 is 0.286 bits per heavy atom. The molecule has 0 amide bonds. The molecule has 0 fully saturated rings. The first-order chi connectivity index (χ1) is 37.8. The van der Waals surface area contributed by atoms with Crippen molar-refractivity contribution in [1.82, 2.24) is 0 Å². The average Bonchev–Trinajstić information content (AvgIpc) is 3.62. The van der Waals surface area contributed by atoms with Gasteiger partial charge in [-0.2, -0.15) is 0 Å². The third-order valence-corrected chi connectivity index (χ3v) is 18.0. The third-order valence-electron chi connectivity index (χ3n) is 15.8. The highest BCUT2D eigenvalue weighted by molar-refractivity contribution is 8.00. The first-order valence-electron chi connectivity index (χ1n) is 26.5. The molecule has 0 N–H and O–H groups in total. The molecule has 77 heavy (non-hydrogen) atoms. The number of rotatable bonds is 6. The van der Waals surface area contributed by atoms with E-state index in [1.54, 1.807) is 0 Å². The van der Waals surface area contributed by atoms with E-state index in [9.17, 15) is 0 Å². The number of para-hydroxylation sites is 4. The van der Waals surface area contributed by atoms with E-state index in [1.807, 2.05) is 23.5 Å². The van der Waals surface area contributed by atoms with Crippen LogP contribution in [0.4, 0.5) is 68.2 Å². The summed E-state index contributed by atoms with van der Waals surface area (Å²) in [5.74, 6) is 0. The SMILES string of the molecule is CC(C)(C)c1cc2c3c(c1)N(c1ccc(-c4ccccc4)cc1)c1cc(N4c5ccccc5Sc5ccccc54)ccc1B3c1ccc(N3c4ccccc4Sc4ccccc43)cc1N2c1ccc(-c2ccccc2)cc1. The van der Waals surface area contributed by atoms with Crippen LogP contribution < -0.4 is 36.0 Å². The molecule has 4 aliphatic heterocycles. The minimum atomic E-state index is -0.186. The molecule has 4 nitrogen and oxygen atoms in total. The lowest BCUT2D eigenvalue weighted by Gasteiger charge is -2.46. The monoisotopic (exact) mass is 1020 g/mol. The highest BCUT2D eigenvalue weighted by Gasteiger charge is 2.45. The number of hydrogen-bond donors (Lipinski definition) is 0. The van der Waals surface area contributed by atoms with Crippen LogP contribution in [0.25, 0.3) is 22.3 Å². The summed E-state index contributed by atoms with van der Waals surface area (Å²) < 4.78 is 0. The van der Waals surface area contributed by atoms with Crippen molar-refractivity contribution in [2.45, 2.75) is 45.8 Å². The minimum absolute atomic E-state index is 0.0882. The molecular weight excluding hydrogens is 972 g/mol. The van der Waals surface area contributed by atoms with Crippen LogP contribution in [0, 0.1) is 0 Å². The van der Waals surface area contributed by atoms with Gasteiger partial charge in [0.2, 0.25) is 0 Å². The molecule has 0 aliphatic carbocycles. The predicted octanol–water partition coefficient (Wildman–Crippen LogP) is 18.3. The van der Waals surface area contributed by atoms with Crippen molar-refractivity contribution in [3.8, 4) is 22.3 Å².